The average Bonchev–Trinajstić information content (AvgIpc) is 2.48. The fourth-order valence-corrected chi connectivity index (χ4v) is 1.75. The number of nitrogens with two attached hydrogens (primary N) is 1. The van der Waals surface area contributed by atoms with Gasteiger partial charge in [0.2, 0.25) is 5.91 Å². The SMILES string of the molecule is CN1C[C@@H](c2ccc(N)nc2)CC1=O. The molecule has 4 heteroatoms. The predicted octanol–water partition coefficient (Wildman–Crippen LogP) is 0.610. The molecule has 74 valence electrons. The first kappa shape index (κ1) is 8.99. The van der Waals surface area contributed by atoms with Gasteiger partial charge in [-0.2, -0.15) is 0 Å². The number of amides is 1. The molecule has 2 rings (SSSR count). The Kier molecular flexibility index (Phi) is 2.11. The summed E-state index contributed by atoms with van der Waals surface area (Å²) in [4.78, 5) is 17.1. The lowest BCUT2D eigenvalue weighted by Crippen LogP contribution is -2.18. The maximum atomic E-state index is 11.3. The second-order valence-electron chi connectivity index (χ2n) is 3.69. The first-order valence-corrected chi connectivity index (χ1v) is 4.62. The number of likely N-dealkylation sites (N-methyl/N-ethyl adjacent to an activating group) is 1. The zero-order valence-electron chi connectivity index (χ0n) is 8.10. The van der Waals surface area contributed by atoms with Gasteiger partial charge in [-0.3, -0.25) is 4.79 Å². The van der Waals surface area contributed by atoms with Gasteiger partial charge in [-0.1, -0.05) is 6.07 Å². The topological polar surface area (TPSA) is 59.2 Å². The molecule has 2 N–H and O–H groups in total. The Morgan fingerprint density at radius 2 is 2.36 bits per heavy atom. The van der Waals surface area contributed by atoms with Crippen LogP contribution in [-0.2, 0) is 4.79 Å². The van der Waals surface area contributed by atoms with E-state index < -0.39 is 0 Å². The van der Waals surface area contributed by atoms with Crippen molar-refractivity contribution in [1.29, 1.82) is 0 Å². The Bertz CT molecular complexity index is 347. The quantitative estimate of drug-likeness (QED) is 0.707. The molecule has 14 heavy (non-hydrogen) atoms. The summed E-state index contributed by atoms with van der Waals surface area (Å²) >= 11 is 0. The number of pyridine rings is 1. The van der Waals surface area contributed by atoms with Crippen molar-refractivity contribution in [3.63, 3.8) is 0 Å². The molecular weight excluding hydrogens is 178 g/mol. The number of likely N-dealkylation sites (tertiary alicyclic amines) is 1. The molecule has 2 heterocycles. The van der Waals surface area contributed by atoms with Gasteiger partial charge in [0.25, 0.3) is 0 Å². The van der Waals surface area contributed by atoms with E-state index in [1.54, 1.807) is 17.2 Å². The van der Waals surface area contributed by atoms with Gasteiger partial charge in [-0.25, -0.2) is 4.98 Å². The van der Waals surface area contributed by atoms with E-state index >= 15 is 0 Å². The van der Waals surface area contributed by atoms with Crippen LogP contribution in [0.4, 0.5) is 5.82 Å². The van der Waals surface area contributed by atoms with Crippen LogP contribution >= 0.6 is 0 Å². The molecule has 0 radical (unpaired) electrons. The summed E-state index contributed by atoms with van der Waals surface area (Å²) in [6, 6.07) is 3.72. The Morgan fingerprint density at radius 3 is 2.86 bits per heavy atom. The molecule has 1 aliphatic heterocycles. The zero-order valence-corrected chi connectivity index (χ0v) is 8.10. The monoisotopic (exact) mass is 191 g/mol. The lowest BCUT2D eigenvalue weighted by molar-refractivity contribution is -0.126. The minimum Gasteiger partial charge on any atom is -0.384 e. The lowest BCUT2D eigenvalue weighted by atomic mass is 10.0. The van der Waals surface area contributed by atoms with Gasteiger partial charge >= 0.3 is 0 Å². The van der Waals surface area contributed by atoms with E-state index in [1.807, 2.05) is 13.1 Å². The molecule has 1 saturated heterocycles. The molecule has 0 spiro atoms. The second-order valence-corrected chi connectivity index (χ2v) is 3.69. The van der Waals surface area contributed by atoms with Crippen LogP contribution in [0.5, 0.6) is 0 Å². The number of nitrogen functional groups attached to an aromatic ring is 1. The van der Waals surface area contributed by atoms with E-state index in [2.05, 4.69) is 4.98 Å². The van der Waals surface area contributed by atoms with Crippen molar-refractivity contribution in [2.24, 2.45) is 0 Å². The minimum absolute atomic E-state index is 0.201. The third-order valence-corrected chi connectivity index (χ3v) is 2.62. The second kappa shape index (κ2) is 3.29. The number of anilines is 1. The van der Waals surface area contributed by atoms with Crippen LogP contribution in [-0.4, -0.2) is 29.4 Å². The molecule has 4 nitrogen and oxygen atoms in total. The highest BCUT2D eigenvalue weighted by Gasteiger charge is 2.27. The van der Waals surface area contributed by atoms with Crippen LogP contribution < -0.4 is 5.73 Å². The van der Waals surface area contributed by atoms with Crippen molar-refractivity contribution in [3.8, 4) is 0 Å². The Hall–Kier alpha value is -1.58. The van der Waals surface area contributed by atoms with Crippen molar-refractivity contribution in [2.75, 3.05) is 19.3 Å². The summed E-state index contributed by atoms with van der Waals surface area (Å²) in [5, 5.41) is 0. The van der Waals surface area contributed by atoms with Crippen molar-refractivity contribution < 1.29 is 4.79 Å². The van der Waals surface area contributed by atoms with Crippen LogP contribution in [0, 0.1) is 0 Å². The molecule has 1 amide bonds. The Morgan fingerprint density at radius 1 is 1.57 bits per heavy atom. The van der Waals surface area contributed by atoms with E-state index in [0.717, 1.165) is 12.1 Å². The lowest BCUT2D eigenvalue weighted by Gasteiger charge is -2.09. The van der Waals surface area contributed by atoms with Gasteiger partial charge in [0.15, 0.2) is 0 Å². The summed E-state index contributed by atoms with van der Waals surface area (Å²) in [7, 11) is 1.83. The fraction of sp³-hybridized carbons (Fsp3) is 0.400. The van der Waals surface area contributed by atoms with Crippen LogP contribution in [0.25, 0.3) is 0 Å². The van der Waals surface area contributed by atoms with Crippen LogP contribution in [0.15, 0.2) is 18.3 Å². The van der Waals surface area contributed by atoms with Gasteiger partial charge in [0.1, 0.15) is 5.82 Å². The molecule has 1 fully saturated rings. The number of carbonyl (C=O) groups excluding carboxylic acids is 1. The van der Waals surface area contributed by atoms with Gasteiger partial charge in [-0.15, -0.1) is 0 Å². The normalized spacial score (nSPS) is 21.6. The fourth-order valence-electron chi connectivity index (χ4n) is 1.75. The molecular formula is C10H13N3O. The standard InChI is InChI=1S/C10H13N3O/c1-13-6-8(4-10(13)14)7-2-3-9(11)12-5-7/h2-3,5,8H,4,6H2,1H3,(H2,11,12)/t8-/m0/s1. The maximum Gasteiger partial charge on any atom is 0.223 e. The summed E-state index contributed by atoms with van der Waals surface area (Å²) in [6.07, 6.45) is 2.34. The summed E-state index contributed by atoms with van der Waals surface area (Å²) < 4.78 is 0. The van der Waals surface area contributed by atoms with Gasteiger partial charge < -0.3 is 10.6 Å². The highest BCUT2D eigenvalue weighted by Crippen LogP contribution is 2.26. The number of aromatic nitrogens is 1. The number of rotatable bonds is 1. The van der Waals surface area contributed by atoms with Crippen molar-refractivity contribution >= 4 is 11.7 Å². The number of hydrogen-bond donors (Lipinski definition) is 1. The van der Waals surface area contributed by atoms with E-state index in [-0.39, 0.29) is 11.8 Å². The number of hydrogen-bond acceptors (Lipinski definition) is 3. The van der Waals surface area contributed by atoms with Crippen molar-refractivity contribution in [1.82, 2.24) is 9.88 Å². The first-order chi connectivity index (χ1) is 6.66. The Labute approximate surface area is 82.7 Å². The third kappa shape index (κ3) is 1.55. The summed E-state index contributed by atoms with van der Waals surface area (Å²) in [5.74, 6) is 0.999. The average molecular weight is 191 g/mol. The van der Waals surface area contributed by atoms with E-state index in [0.29, 0.717) is 12.2 Å². The van der Waals surface area contributed by atoms with Crippen molar-refractivity contribution in [2.45, 2.75) is 12.3 Å². The highest BCUT2D eigenvalue weighted by atomic mass is 16.2. The zero-order chi connectivity index (χ0) is 10.1. The van der Waals surface area contributed by atoms with Gasteiger partial charge in [-0.05, 0) is 11.6 Å². The summed E-state index contributed by atoms with van der Waals surface area (Å²) in [6.45, 7) is 0.782. The first-order valence-electron chi connectivity index (χ1n) is 4.62. The molecule has 1 atom stereocenters. The third-order valence-electron chi connectivity index (χ3n) is 2.62. The molecule has 0 bridgehead atoms. The van der Waals surface area contributed by atoms with Gasteiger partial charge in [0.05, 0.1) is 0 Å². The van der Waals surface area contributed by atoms with Gasteiger partial charge in [0, 0.05) is 32.1 Å². The van der Waals surface area contributed by atoms with Crippen LogP contribution in [0.3, 0.4) is 0 Å². The molecule has 0 saturated carbocycles. The number of nitrogens with zero attached hydrogens (tertiary/aromatic N) is 2. The van der Waals surface area contributed by atoms with E-state index in [9.17, 15) is 4.79 Å². The largest absolute Gasteiger partial charge is 0.384 e. The molecule has 0 aromatic carbocycles. The maximum absolute atomic E-state index is 11.3. The predicted molar refractivity (Wildman–Crippen MR) is 53.6 cm³/mol. The summed E-state index contributed by atoms with van der Waals surface area (Å²) in [5.41, 5.74) is 6.59. The minimum atomic E-state index is 0.201. The smallest absolute Gasteiger partial charge is 0.223 e. The molecule has 1 aliphatic rings. The highest BCUT2D eigenvalue weighted by molar-refractivity contribution is 5.79. The van der Waals surface area contributed by atoms with Crippen LogP contribution in [0.2, 0.25) is 0 Å². The molecule has 1 aromatic rings. The molecule has 0 aliphatic carbocycles. The number of carbonyl (C=O) groups is 1. The van der Waals surface area contributed by atoms with Crippen molar-refractivity contribution in [3.05, 3.63) is 23.9 Å². The van der Waals surface area contributed by atoms with E-state index in [1.165, 1.54) is 0 Å². The molecule has 1 aromatic heterocycles. The Balaban J connectivity index is 2.17. The van der Waals surface area contributed by atoms with Crippen LogP contribution in [0.1, 0.15) is 17.9 Å². The molecule has 0 unspecified atom stereocenters. The van der Waals surface area contributed by atoms with E-state index in [4.69, 9.17) is 5.73 Å².